The Balaban J connectivity index is 2.65. The molecule has 0 aromatic heterocycles. The molecular formula is C12H19N3O4S. The molecule has 20 heavy (non-hydrogen) atoms. The number of esters is 1. The molecule has 0 aliphatic heterocycles. The maximum Gasteiger partial charge on any atom is 0.338 e. The molecule has 5 N–H and O–H groups in total. The van der Waals surface area contributed by atoms with E-state index in [2.05, 4.69) is 5.32 Å². The zero-order valence-electron chi connectivity index (χ0n) is 11.3. The van der Waals surface area contributed by atoms with Crippen molar-refractivity contribution in [2.45, 2.75) is 13.3 Å². The fourth-order valence-electron chi connectivity index (χ4n) is 1.55. The summed E-state index contributed by atoms with van der Waals surface area (Å²) in [6, 6.07) is 4.74. The Hall–Kier alpha value is -1.80. The van der Waals surface area contributed by atoms with Gasteiger partial charge in [0.25, 0.3) is 0 Å². The molecule has 0 saturated carbocycles. The number of hydrogen-bond acceptors (Lipinski definition) is 6. The molecule has 1 rings (SSSR count). The number of rotatable bonds is 7. The van der Waals surface area contributed by atoms with Crippen molar-refractivity contribution in [2.24, 2.45) is 5.14 Å². The molecule has 0 aliphatic rings. The number of nitrogens with two attached hydrogens (primary N) is 2. The molecule has 0 fully saturated rings. The topological polar surface area (TPSA) is 125 Å². The molecule has 0 heterocycles. The van der Waals surface area contributed by atoms with Crippen molar-refractivity contribution >= 4 is 27.4 Å². The zero-order chi connectivity index (χ0) is 15.2. The number of primary sulfonamides is 1. The first-order valence-electron chi connectivity index (χ1n) is 6.14. The average molecular weight is 301 g/mol. The van der Waals surface area contributed by atoms with Crippen molar-refractivity contribution in [3.05, 3.63) is 23.8 Å². The lowest BCUT2D eigenvalue weighted by atomic mass is 10.1. The molecule has 0 saturated heterocycles. The minimum Gasteiger partial charge on any atom is -0.462 e. The Morgan fingerprint density at radius 1 is 1.40 bits per heavy atom. The van der Waals surface area contributed by atoms with Crippen LogP contribution in [-0.4, -0.2) is 33.3 Å². The number of carbonyl (C=O) groups excluding carboxylic acids is 1. The van der Waals surface area contributed by atoms with Gasteiger partial charge in [0.2, 0.25) is 10.0 Å². The molecule has 1 aromatic rings. The monoisotopic (exact) mass is 301 g/mol. The van der Waals surface area contributed by atoms with Gasteiger partial charge in [0.1, 0.15) is 0 Å². The third kappa shape index (κ3) is 5.45. The first-order chi connectivity index (χ1) is 9.33. The summed E-state index contributed by atoms with van der Waals surface area (Å²) in [5, 5.41) is 7.87. The molecule has 0 spiro atoms. The average Bonchev–Trinajstić information content (AvgIpc) is 2.35. The van der Waals surface area contributed by atoms with Crippen LogP contribution in [0.15, 0.2) is 18.2 Å². The second-order valence-electron chi connectivity index (χ2n) is 4.17. The largest absolute Gasteiger partial charge is 0.462 e. The van der Waals surface area contributed by atoms with Crippen molar-refractivity contribution in [3.8, 4) is 0 Å². The third-order valence-electron chi connectivity index (χ3n) is 2.49. The zero-order valence-corrected chi connectivity index (χ0v) is 12.1. The molecule has 0 radical (unpaired) electrons. The number of nitrogen functional groups attached to an aromatic ring is 1. The Morgan fingerprint density at radius 2 is 2.10 bits per heavy atom. The number of benzene rings is 1. The van der Waals surface area contributed by atoms with Gasteiger partial charge in [-0.25, -0.2) is 18.4 Å². The number of hydrogen-bond donors (Lipinski definition) is 3. The van der Waals surface area contributed by atoms with Crippen LogP contribution in [0.2, 0.25) is 0 Å². The summed E-state index contributed by atoms with van der Waals surface area (Å²) in [6.07, 6.45) is 0.349. The second kappa shape index (κ2) is 7.11. The maximum atomic E-state index is 11.6. The van der Waals surface area contributed by atoms with Crippen LogP contribution in [0, 0.1) is 0 Å². The highest BCUT2D eigenvalue weighted by atomic mass is 32.2. The van der Waals surface area contributed by atoms with Crippen LogP contribution in [0.4, 0.5) is 11.4 Å². The quantitative estimate of drug-likeness (QED) is 0.383. The van der Waals surface area contributed by atoms with E-state index in [9.17, 15) is 13.2 Å². The minimum atomic E-state index is -3.46. The molecule has 1 aromatic carbocycles. The molecule has 0 bridgehead atoms. The van der Waals surface area contributed by atoms with Crippen LogP contribution in [0.25, 0.3) is 0 Å². The minimum absolute atomic E-state index is 0.114. The summed E-state index contributed by atoms with van der Waals surface area (Å²) in [5.74, 6) is -0.544. The Morgan fingerprint density at radius 3 is 2.70 bits per heavy atom. The molecule has 7 nitrogen and oxygen atoms in total. The van der Waals surface area contributed by atoms with Crippen LogP contribution in [0.3, 0.4) is 0 Å². The predicted octanol–water partition coefficient (Wildman–Crippen LogP) is 0.536. The van der Waals surface area contributed by atoms with Gasteiger partial charge >= 0.3 is 5.97 Å². The Kier molecular flexibility index (Phi) is 5.78. The van der Waals surface area contributed by atoms with Gasteiger partial charge in [-0.3, -0.25) is 0 Å². The van der Waals surface area contributed by atoms with E-state index in [0.717, 1.165) is 0 Å². The maximum absolute atomic E-state index is 11.6. The molecule has 8 heteroatoms. The number of ether oxygens (including phenoxy) is 1. The molecule has 0 amide bonds. The summed E-state index contributed by atoms with van der Waals surface area (Å²) in [5.41, 5.74) is 7.18. The normalized spacial score (nSPS) is 11.1. The third-order valence-corrected chi connectivity index (χ3v) is 3.34. The van der Waals surface area contributed by atoms with E-state index >= 15 is 0 Å². The van der Waals surface area contributed by atoms with Crippen LogP contribution in [-0.2, 0) is 14.8 Å². The summed E-state index contributed by atoms with van der Waals surface area (Å²) in [4.78, 5) is 11.6. The number of anilines is 2. The van der Waals surface area contributed by atoms with Gasteiger partial charge in [0.15, 0.2) is 0 Å². The highest BCUT2D eigenvalue weighted by molar-refractivity contribution is 7.89. The first kappa shape index (κ1) is 16.3. The molecule has 112 valence electrons. The standard InChI is InChI=1S/C12H19N3O4S/c1-2-19-12(16)9-4-5-10(13)11(8-9)15-6-3-7-20(14,17)18/h4-5,8,15H,2-3,6-7,13H2,1H3,(H2,14,17,18). The SMILES string of the molecule is CCOC(=O)c1ccc(N)c(NCCCS(N)(=O)=O)c1. The summed E-state index contributed by atoms with van der Waals surface area (Å²) >= 11 is 0. The lowest BCUT2D eigenvalue weighted by Gasteiger charge is -2.10. The molecule has 0 aliphatic carbocycles. The van der Waals surface area contributed by atoms with E-state index in [1.165, 1.54) is 0 Å². The summed E-state index contributed by atoms with van der Waals surface area (Å²) < 4.78 is 26.5. The number of sulfonamides is 1. The van der Waals surface area contributed by atoms with Crippen molar-refractivity contribution in [1.82, 2.24) is 0 Å². The van der Waals surface area contributed by atoms with Crippen LogP contribution in [0.5, 0.6) is 0 Å². The van der Waals surface area contributed by atoms with Crippen LogP contribution in [0.1, 0.15) is 23.7 Å². The number of nitrogens with one attached hydrogen (secondary N) is 1. The van der Waals surface area contributed by atoms with E-state index in [0.29, 0.717) is 36.5 Å². The van der Waals surface area contributed by atoms with Crippen LogP contribution < -0.4 is 16.2 Å². The number of carbonyl (C=O) groups is 1. The first-order valence-corrected chi connectivity index (χ1v) is 7.86. The van der Waals surface area contributed by atoms with E-state index in [1.54, 1.807) is 25.1 Å². The summed E-state index contributed by atoms with van der Waals surface area (Å²) in [6.45, 7) is 2.40. The molecule has 0 atom stereocenters. The van der Waals surface area contributed by atoms with E-state index in [4.69, 9.17) is 15.6 Å². The van der Waals surface area contributed by atoms with Gasteiger partial charge in [-0.15, -0.1) is 0 Å². The van der Waals surface area contributed by atoms with Crippen LogP contribution >= 0.6 is 0 Å². The Labute approximate surface area is 118 Å². The summed E-state index contributed by atoms with van der Waals surface area (Å²) in [7, 11) is -3.46. The van der Waals surface area contributed by atoms with Gasteiger partial charge in [-0.2, -0.15) is 0 Å². The van der Waals surface area contributed by atoms with Crippen molar-refractivity contribution in [3.63, 3.8) is 0 Å². The van der Waals surface area contributed by atoms with Crippen molar-refractivity contribution in [2.75, 3.05) is 30.0 Å². The van der Waals surface area contributed by atoms with Gasteiger partial charge in [-0.05, 0) is 31.5 Å². The second-order valence-corrected chi connectivity index (χ2v) is 5.90. The lowest BCUT2D eigenvalue weighted by molar-refractivity contribution is 0.0526. The fourth-order valence-corrected chi connectivity index (χ4v) is 2.09. The fraction of sp³-hybridized carbons (Fsp3) is 0.417. The van der Waals surface area contributed by atoms with Crippen molar-refractivity contribution < 1.29 is 17.9 Å². The highest BCUT2D eigenvalue weighted by Crippen LogP contribution is 2.20. The van der Waals surface area contributed by atoms with Gasteiger partial charge in [-0.1, -0.05) is 0 Å². The highest BCUT2D eigenvalue weighted by Gasteiger charge is 2.09. The van der Waals surface area contributed by atoms with Gasteiger partial charge in [0.05, 0.1) is 29.3 Å². The van der Waals surface area contributed by atoms with E-state index < -0.39 is 16.0 Å². The predicted molar refractivity (Wildman–Crippen MR) is 77.9 cm³/mol. The lowest BCUT2D eigenvalue weighted by Crippen LogP contribution is -2.19. The van der Waals surface area contributed by atoms with Gasteiger partial charge < -0.3 is 15.8 Å². The van der Waals surface area contributed by atoms with E-state index in [1.807, 2.05) is 0 Å². The van der Waals surface area contributed by atoms with Crippen molar-refractivity contribution in [1.29, 1.82) is 0 Å². The molecule has 0 unspecified atom stereocenters. The Bertz CT molecular complexity index is 572. The smallest absolute Gasteiger partial charge is 0.338 e. The van der Waals surface area contributed by atoms with Gasteiger partial charge in [0, 0.05) is 6.54 Å². The van der Waals surface area contributed by atoms with E-state index in [-0.39, 0.29) is 5.75 Å². The molecular weight excluding hydrogens is 282 g/mol.